The summed E-state index contributed by atoms with van der Waals surface area (Å²) in [6.07, 6.45) is 0.242. The molecule has 4 nitrogen and oxygen atoms in total. The van der Waals surface area contributed by atoms with E-state index in [2.05, 4.69) is 6.07 Å². The molecule has 0 aromatic heterocycles. The maximum atomic E-state index is 12.0. The van der Waals surface area contributed by atoms with Gasteiger partial charge in [-0.15, -0.1) is 0 Å². The van der Waals surface area contributed by atoms with Gasteiger partial charge in [-0.05, 0) is 44.0 Å². The lowest BCUT2D eigenvalue weighted by molar-refractivity contribution is -0.147. The zero-order valence-electron chi connectivity index (χ0n) is 11.6. The van der Waals surface area contributed by atoms with Crippen LogP contribution in [-0.4, -0.2) is 25.0 Å². The number of carbonyl (C=O) groups is 2. The highest BCUT2D eigenvalue weighted by Crippen LogP contribution is 2.27. The number of hydrogen-bond donors (Lipinski definition) is 0. The zero-order chi connectivity index (χ0) is 14.0. The lowest BCUT2D eigenvalue weighted by Crippen LogP contribution is -2.26. The summed E-state index contributed by atoms with van der Waals surface area (Å²) in [7, 11) is 0. The third kappa shape index (κ3) is 2.95. The van der Waals surface area contributed by atoms with Crippen molar-refractivity contribution in [2.24, 2.45) is 5.92 Å². The van der Waals surface area contributed by atoms with Crippen LogP contribution in [-0.2, 0) is 14.3 Å². The Hall–Kier alpha value is -1.84. The molecule has 2 rings (SSSR count). The largest absolute Gasteiger partial charge is 0.466 e. The molecule has 1 heterocycles. The van der Waals surface area contributed by atoms with Crippen LogP contribution in [0.15, 0.2) is 18.2 Å². The maximum absolute atomic E-state index is 12.0. The molecule has 0 spiro atoms. The summed E-state index contributed by atoms with van der Waals surface area (Å²) in [4.78, 5) is 25.4. The van der Waals surface area contributed by atoms with E-state index in [1.807, 2.05) is 26.0 Å². The van der Waals surface area contributed by atoms with Crippen LogP contribution in [0.5, 0.6) is 0 Å². The summed E-state index contributed by atoms with van der Waals surface area (Å²) >= 11 is 0. The highest BCUT2D eigenvalue weighted by atomic mass is 16.5. The molecule has 1 saturated heterocycles. The first-order valence-electron chi connectivity index (χ1n) is 6.56. The average Bonchev–Trinajstić information content (AvgIpc) is 2.70. The quantitative estimate of drug-likeness (QED) is 0.784. The molecule has 0 N–H and O–H groups in total. The predicted octanol–water partition coefficient (Wildman–Crippen LogP) is 2.22. The van der Waals surface area contributed by atoms with E-state index in [0.717, 1.165) is 16.8 Å². The third-order valence-electron chi connectivity index (χ3n) is 3.26. The second kappa shape index (κ2) is 5.43. The van der Waals surface area contributed by atoms with Gasteiger partial charge >= 0.3 is 5.97 Å². The first kappa shape index (κ1) is 13.6. The van der Waals surface area contributed by atoms with Gasteiger partial charge in [-0.2, -0.15) is 0 Å². The molecule has 0 bridgehead atoms. The first-order valence-corrected chi connectivity index (χ1v) is 6.56. The van der Waals surface area contributed by atoms with E-state index >= 15 is 0 Å². The van der Waals surface area contributed by atoms with Gasteiger partial charge in [0.1, 0.15) is 0 Å². The molecule has 1 amide bonds. The molecule has 19 heavy (non-hydrogen) atoms. The number of nitrogens with zero attached hydrogens (tertiary/aromatic N) is 1. The second-order valence-corrected chi connectivity index (χ2v) is 5.00. The van der Waals surface area contributed by atoms with Gasteiger partial charge in [0.15, 0.2) is 0 Å². The van der Waals surface area contributed by atoms with Crippen molar-refractivity contribution in [3.63, 3.8) is 0 Å². The van der Waals surface area contributed by atoms with Gasteiger partial charge < -0.3 is 9.64 Å². The van der Waals surface area contributed by atoms with Crippen molar-refractivity contribution in [2.45, 2.75) is 27.2 Å². The Morgan fingerprint density at radius 3 is 2.53 bits per heavy atom. The number of amides is 1. The van der Waals surface area contributed by atoms with E-state index in [4.69, 9.17) is 4.74 Å². The Morgan fingerprint density at radius 1 is 1.32 bits per heavy atom. The molecule has 4 heteroatoms. The topological polar surface area (TPSA) is 46.6 Å². The van der Waals surface area contributed by atoms with Gasteiger partial charge in [0.2, 0.25) is 5.91 Å². The fraction of sp³-hybridized carbons (Fsp3) is 0.467. The summed E-state index contributed by atoms with van der Waals surface area (Å²) in [5, 5.41) is 0. The van der Waals surface area contributed by atoms with Gasteiger partial charge in [0.05, 0.1) is 12.5 Å². The van der Waals surface area contributed by atoms with Crippen LogP contribution in [0.1, 0.15) is 24.5 Å². The van der Waals surface area contributed by atoms with Crippen molar-refractivity contribution in [2.75, 3.05) is 18.1 Å². The highest BCUT2D eigenvalue weighted by Gasteiger charge is 2.36. The van der Waals surface area contributed by atoms with Gasteiger partial charge in [-0.25, -0.2) is 0 Å². The molecule has 0 aliphatic carbocycles. The Balaban J connectivity index is 2.18. The number of benzene rings is 1. The van der Waals surface area contributed by atoms with Gasteiger partial charge in [-0.1, -0.05) is 6.07 Å². The first-order chi connectivity index (χ1) is 9.01. The number of aryl methyl sites for hydroxylation is 2. The molecule has 1 aromatic carbocycles. The highest BCUT2D eigenvalue weighted by molar-refractivity contribution is 5.99. The van der Waals surface area contributed by atoms with E-state index < -0.39 is 0 Å². The van der Waals surface area contributed by atoms with Crippen molar-refractivity contribution in [1.29, 1.82) is 0 Å². The van der Waals surface area contributed by atoms with E-state index in [-0.39, 0.29) is 24.2 Å². The van der Waals surface area contributed by atoms with Crippen LogP contribution in [0.3, 0.4) is 0 Å². The minimum Gasteiger partial charge on any atom is -0.466 e. The van der Waals surface area contributed by atoms with Crippen LogP contribution in [0.4, 0.5) is 5.69 Å². The number of anilines is 1. The van der Waals surface area contributed by atoms with Crippen LogP contribution >= 0.6 is 0 Å². The summed E-state index contributed by atoms with van der Waals surface area (Å²) < 4.78 is 4.99. The summed E-state index contributed by atoms with van der Waals surface area (Å²) in [6, 6.07) is 6.00. The molecule has 102 valence electrons. The lowest BCUT2D eigenvalue weighted by atomic mass is 10.1. The standard InChI is InChI=1S/C15H19NO3/c1-4-19-15(18)12-8-14(17)16(9-12)13-6-10(2)5-11(3)7-13/h5-7,12H,4,8-9H2,1-3H3/t12-/m0/s1. The Bertz CT molecular complexity index is 490. The van der Waals surface area contributed by atoms with E-state index in [0.29, 0.717) is 13.2 Å². The normalized spacial score (nSPS) is 18.8. The van der Waals surface area contributed by atoms with Crippen LogP contribution < -0.4 is 4.90 Å². The van der Waals surface area contributed by atoms with Crippen molar-refractivity contribution >= 4 is 17.6 Å². The Kier molecular flexibility index (Phi) is 3.88. The van der Waals surface area contributed by atoms with Crippen molar-refractivity contribution in [3.8, 4) is 0 Å². The summed E-state index contributed by atoms with van der Waals surface area (Å²) in [6.45, 7) is 6.55. The molecule has 1 atom stereocenters. The lowest BCUT2D eigenvalue weighted by Gasteiger charge is -2.17. The Labute approximate surface area is 113 Å². The van der Waals surface area contributed by atoms with E-state index in [9.17, 15) is 9.59 Å². The van der Waals surface area contributed by atoms with Crippen molar-refractivity contribution in [3.05, 3.63) is 29.3 Å². The Morgan fingerprint density at radius 2 is 1.95 bits per heavy atom. The van der Waals surface area contributed by atoms with Gasteiger partial charge in [0, 0.05) is 18.7 Å². The minimum absolute atomic E-state index is 0.0111. The fourth-order valence-electron chi connectivity index (χ4n) is 2.48. The third-order valence-corrected chi connectivity index (χ3v) is 3.26. The molecule has 1 aliphatic rings. The van der Waals surface area contributed by atoms with Crippen molar-refractivity contribution in [1.82, 2.24) is 0 Å². The second-order valence-electron chi connectivity index (χ2n) is 5.00. The molecule has 1 aromatic rings. The smallest absolute Gasteiger partial charge is 0.311 e. The zero-order valence-corrected chi connectivity index (χ0v) is 11.6. The molecule has 1 fully saturated rings. The number of rotatable bonds is 3. The fourth-order valence-corrected chi connectivity index (χ4v) is 2.48. The van der Waals surface area contributed by atoms with E-state index in [1.165, 1.54) is 0 Å². The maximum Gasteiger partial charge on any atom is 0.311 e. The number of carbonyl (C=O) groups excluding carboxylic acids is 2. The van der Waals surface area contributed by atoms with Crippen LogP contribution in [0.2, 0.25) is 0 Å². The number of esters is 1. The summed E-state index contributed by atoms with van der Waals surface area (Å²) in [5.41, 5.74) is 3.10. The van der Waals surface area contributed by atoms with Crippen LogP contribution in [0, 0.1) is 19.8 Å². The molecule has 0 unspecified atom stereocenters. The SMILES string of the molecule is CCOC(=O)[C@H]1CC(=O)N(c2cc(C)cc(C)c2)C1. The van der Waals surface area contributed by atoms with E-state index in [1.54, 1.807) is 11.8 Å². The molecule has 0 saturated carbocycles. The average molecular weight is 261 g/mol. The van der Waals surface area contributed by atoms with Gasteiger partial charge in [0.25, 0.3) is 0 Å². The predicted molar refractivity (Wildman–Crippen MR) is 73.0 cm³/mol. The van der Waals surface area contributed by atoms with Crippen LogP contribution in [0.25, 0.3) is 0 Å². The monoisotopic (exact) mass is 261 g/mol. The molecular formula is C15H19NO3. The molecule has 1 aliphatic heterocycles. The summed E-state index contributed by atoms with van der Waals surface area (Å²) in [5.74, 6) is -0.626. The van der Waals surface area contributed by atoms with Gasteiger partial charge in [-0.3, -0.25) is 9.59 Å². The molecular weight excluding hydrogens is 242 g/mol. The van der Waals surface area contributed by atoms with Crippen molar-refractivity contribution < 1.29 is 14.3 Å². The minimum atomic E-state index is -0.340. The number of hydrogen-bond acceptors (Lipinski definition) is 3. The molecule has 0 radical (unpaired) electrons. The number of ether oxygens (including phenoxy) is 1.